The molecule has 0 spiro atoms. The number of anilines is 2. The van der Waals surface area contributed by atoms with Gasteiger partial charge < -0.3 is 5.32 Å². The molecule has 16 heavy (non-hydrogen) atoms. The van der Waals surface area contributed by atoms with Crippen LogP contribution in [-0.4, -0.2) is 10.2 Å². The predicted molar refractivity (Wildman–Crippen MR) is 66.5 cm³/mol. The van der Waals surface area contributed by atoms with Crippen LogP contribution in [0.3, 0.4) is 0 Å². The maximum absolute atomic E-state index is 5.91. The lowest BCUT2D eigenvalue weighted by atomic mass is 10.2. The van der Waals surface area contributed by atoms with Crippen molar-refractivity contribution in [3.05, 3.63) is 46.1 Å². The largest absolute Gasteiger partial charge is 0.338 e. The third-order valence-electron chi connectivity index (χ3n) is 2.09. The number of hydrogen-bond acceptors (Lipinski definition) is 3. The third-order valence-corrected chi connectivity index (χ3v) is 2.53. The number of halogens is 2. The molecule has 3 nitrogen and oxygen atoms in total. The lowest BCUT2D eigenvalue weighted by Crippen LogP contribution is -1.96. The van der Waals surface area contributed by atoms with E-state index in [0.29, 0.717) is 16.0 Å². The van der Waals surface area contributed by atoms with Crippen molar-refractivity contribution in [1.29, 1.82) is 0 Å². The molecular formula is C11H9Cl2N3. The van der Waals surface area contributed by atoms with E-state index in [4.69, 9.17) is 23.2 Å². The molecule has 0 radical (unpaired) electrons. The molecule has 2 aromatic rings. The average Bonchev–Trinajstić information content (AvgIpc) is 2.27. The van der Waals surface area contributed by atoms with Gasteiger partial charge in [0.2, 0.25) is 0 Å². The van der Waals surface area contributed by atoms with E-state index >= 15 is 0 Å². The van der Waals surface area contributed by atoms with Gasteiger partial charge in [-0.1, -0.05) is 29.3 Å². The van der Waals surface area contributed by atoms with Gasteiger partial charge in [-0.3, -0.25) is 0 Å². The van der Waals surface area contributed by atoms with Gasteiger partial charge in [-0.25, -0.2) is 0 Å². The van der Waals surface area contributed by atoms with Crippen LogP contribution in [0, 0.1) is 6.92 Å². The molecule has 0 amide bonds. The number of aryl methyl sites for hydroxylation is 1. The molecule has 0 aliphatic carbocycles. The Labute approximate surface area is 103 Å². The molecule has 0 saturated heterocycles. The predicted octanol–water partition coefficient (Wildman–Crippen LogP) is 3.84. The highest BCUT2D eigenvalue weighted by Gasteiger charge is 2.01. The fraction of sp³-hybridized carbons (Fsp3) is 0.0909. The Morgan fingerprint density at radius 3 is 2.56 bits per heavy atom. The first-order valence-electron chi connectivity index (χ1n) is 4.67. The van der Waals surface area contributed by atoms with Gasteiger partial charge in [0, 0.05) is 10.7 Å². The maximum atomic E-state index is 5.91. The molecular weight excluding hydrogens is 245 g/mol. The van der Waals surface area contributed by atoms with Gasteiger partial charge in [0.1, 0.15) is 0 Å². The number of hydrogen-bond donors (Lipinski definition) is 1. The van der Waals surface area contributed by atoms with Gasteiger partial charge in [0.15, 0.2) is 11.0 Å². The maximum Gasteiger partial charge on any atom is 0.153 e. The molecule has 1 heterocycles. The Kier molecular flexibility index (Phi) is 3.27. The van der Waals surface area contributed by atoms with Crippen molar-refractivity contribution in [3.63, 3.8) is 0 Å². The Balaban J connectivity index is 2.26. The molecule has 5 heteroatoms. The first-order chi connectivity index (χ1) is 7.65. The highest BCUT2D eigenvalue weighted by molar-refractivity contribution is 6.31. The van der Waals surface area contributed by atoms with E-state index in [1.807, 2.05) is 25.1 Å². The van der Waals surface area contributed by atoms with Crippen LogP contribution in [0.2, 0.25) is 10.2 Å². The molecule has 2 rings (SSSR count). The first-order valence-corrected chi connectivity index (χ1v) is 5.43. The van der Waals surface area contributed by atoms with Gasteiger partial charge in [-0.2, -0.15) is 0 Å². The Bertz CT molecular complexity index is 497. The van der Waals surface area contributed by atoms with Crippen molar-refractivity contribution in [2.75, 3.05) is 5.32 Å². The second-order valence-electron chi connectivity index (χ2n) is 3.33. The summed E-state index contributed by atoms with van der Waals surface area (Å²) in [6.45, 7) is 1.99. The number of nitrogens with zero attached hydrogens (tertiary/aromatic N) is 2. The molecule has 0 fully saturated rings. The highest BCUT2D eigenvalue weighted by Crippen LogP contribution is 2.23. The van der Waals surface area contributed by atoms with E-state index in [0.717, 1.165) is 11.3 Å². The zero-order valence-corrected chi connectivity index (χ0v) is 10.0. The fourth-order valence-electron chi connectivity index (χ4n) is 1.25. The van der Waals surface area contributed by atoms with Crippen LogP contribution < -0.4 is 5.32 Å². The lowest BCUT2D eigenvalue weighted by Gasteiger charge is -2.08. The molecule has 0 saturated carbocycles. The minimum Gasteiger partial charge on any atom is -0.338 e. The molecule has 0 bridgehead atoms. The van der Waals surface area contributed by atoms with Gasteiger partial charge in [-0.05, 0) is 36.8 Å². The molecule has 0 aliphatic rings. The summed E-state index contributed by atoms with van der Waals surface area (Å²) in [5.41, 5.74) is 1.99. The summed E-state index contributed by atoms with van der Waals surface area (Å²) in [7, 11) is 0. The quantitative estimate of drug-likeness (QED) is 0.884. The zero-order chi connectivity index (χ0) is 11.5. The third kappa shape index (κ3) is 2.62. The summed E-state index contributed by atoms with van der Waals surface area (Å²) >= 11 is 11.6. The van der Waals surface area contributed by atoms with Crippen LogP contribution in [0.4, 0.5) is 11.5 Å². The van der Waals surface area contributed by atoms with Gasteiger partial charge >= 0.3 is 0 Å². The van der Waals surface area contributed by atoms with E-state index in [-0.39, 0.29) is 0 Å². The van der Waals surface area contributed by atoms with Crippen LogP contribution in [0.15, 0.2) is 30.3 Å². The second-order valence-corrected chi connectivity index (χ2v) is 4.15. The van der Waals surface area contributed by atoms with E-state index in [1.54, 1.807) is 12.1 Å². The fourth-order valence-corrected chi connectivity index (χ4v) is 1.52. The SMILES string of the molecule is Cc1ccc(Cl)cc1Nc1ccc(Cl)nn1. The van der Waals surface area contributed by atoms with E-state index in [2.05, 4.69) is 15.5 Å². The standard InChI is InChI=1S/C11H9Cl2N3/c1-7-2-3-8(12)6-9(7)14-11-5-4-10(13)15-16-11/h2-6H,1H3,(H,14,16). The smallest absolute Gasteiger partial charge is 0.153 e. The minimum absolute atomic E-state index is 0.369. The van der Waals surface area contributed by atoms with Crippen molar-refractivity contribution in [2.45, 2.75) is 6.92 Å². The number of benzene rings is 1. The molecule has 82 valence electrons. The van der Waals surface area contributed by atoms with Crippen LogP contribution in [0.25, 0.3) is 0 Å². The topological polar surface area (TPSA) is 37.8 Å². The summed E-state index contributed by atoms with van der Waals surface area (Å²) < 4.78 is 0. The molecule has 0 atom stereocenters. The minimum atomic E-state index is 0.369. The van der Waals surface area contributed by atoms with Crippen LogP contribution in [0.5, 0.6) is 0 Å². The summed E-state index contributed by atoms with van der Waals surface area (Å²) in [6.07, 6.45) is 0. The van der Waals surface area contributed by atoms with E-state index < -0.39 is 0 Å². The molecule has 1 aromatic carbocycles. The molecule has 0 aliphatic heterocycles. The Hall–Kier alpha value is -1.32. The van der Waals surface area contributed by atoms with Gasteiger partial charge in [0.25, 0.3) is 0 Å². The van der Waals surface area contributed by atoms with Gasteiger partial charge in [0.05, 0.1) is 0 Å². The summed E-state index contributed by atoms with van der Waals surface area (Å²) in [4.78, 5) is 0. The van der Waals surface area contributed by atoms with Crippen LogP contribution in [0.1, 0.15) is 5.56 Å². The first kappa shape index (κ1) is 11.2. The van der Waals surface area contributed by atoms with Crippen molar-refractivity contribution >= 4 is 34.7 Å². The summed E-state index contributed by atoms with van der Waals surface area (Å²) in [6, 6.07) is 9.06. The molecule has 0 unspecified atom stereocenters. The Morgan fingerprint density at radius 1 is 1.06 bits per heavy atom. The second kappa shape index (κ2) is 4.68. The van der Waals surface area contributed by atoms with E-state index in [1.165, 1.54) is 0 Å². The summed E-state index contributed by atoms with van der Waals surface area (Å²) in [5, 5.41) is 11.8. The lowest BCUT2D eigenvalue weighted by molar-refractivity contribution is 1.04. The van der Waals surface area contributed by atoms with Gasteiger partial charge in [-0.15, -0.1) is 10.2 Å². The molecule has 1 N–H and O–H groups in total. The normalized spacial score (nSPS) is 10.2. The average molecular weight is 254 g/mol. The zero-order valence-electron chi connectivity index (χ0n) is 8.54. The Morgan fingerprint density at radius 2 is 1.88 bits per heavy atom. The monoisotopic (exact) mass is 253 g/mol. The van der Waals surface area contributed by atoms with Crippen LogP contribution in [-0.2, 0) is 0 Å². The van der Waals surface area contributed by atoms with Crippen molar-refractivity contribution in [3.8, 4) is 0 Å². The number of rotatable bonds is 2. The van der Waals surface area contributed by atoms with E-state index in [9.17, 15) is 0 Å². The van der Waals surface area contributed by atoms with Crippen molar-refractivity contribution in [2.24, 2.45) is 0 Å². The molecule has 1 aromatic heterocycles. The number of aromatic nitrogens is 2. The number of nitrogens with one attached hydrogen (secondary N) is 1. The van der Waals surface area contributed by atoms with Crippen LogP contribution >= 0.6 is 23.2 Å². The van der Waals surface area contributed by atoms with Crippen molar-refractivity contribution in [1.82, 2.24) is 10.2 Å². The van der Waals surface area contributed by atoms with Crippen molar-refractivity contribution < 1.29 is 0 Å². The summed E-state index contributed by atoms with van der Waals surface area (Å²) in [5.74, 6) is 0.634. The highest BCUT2D eigenvalue weighted by atomic mass is 35.5.